The van der Waals surface area contributed by atoms with Gasteiger partial charge in [-0.3, -0.25) is 9.69 Å². The van der Waals surface area contributed by atoms with Gasteiger partial charge in [0.25, 0.3) is 0 Å². The van der Waals surface area contributed by atoms with Crippen molar-refractivity contribution in [1.82, 2.24) is 4.90 Å². The average molecular weight is 304 g/mol. The van der Waals surface area contributed by atoms with Crippen LogP contribution in [-0.2, 0) is 9.53 Å². The minimum absolute atomic E-state index is 0.0853. The molecule has 1 fully saturated rings. The zero-order valence-electron chi connectivity index (χ0n) is 13.5. The van der Waals surface area contributed by atoms with E-state index in [4.69, 9.17) is 9.47 Å². The maximum atomic E-state index is 13.1. The van der Waals surface area contributed by atoms with E-state index in [0.29, 0.717) is 19.2 Å². The topological polar surface area (TPSA) is 42.0 Å². The zero-order chi connectivity index (χ0) is 15.7. The molecule has 2 atom stereocenters. The van der Waals surface area contributed by atoms with Gasteiger partial charge in [0.05, 0.1) is 18.3 Å². The zero-order valence-corrected chi connectivity index (χ0v) is 13.5. The van der Waals surface area contributed by atoms with Gasteiger partial charge in [-0.2, -0.15) is 0 Å². The molecule has 120 valence electrons. The molecular weight excluding hydrogens is 280 g/mol. The first-order valence-corrected chi connectivity index (χ1v) is 7.93. The molecule has 1 saturated heterocycles. The normalized spacial score (nSPS) is 24.9. The molecule has 22 heavy (non-hydrogen) atoms. The van der Waals surface area contributed by atoms with Crippen LogP contribution in [0.25, 0.3) is 0 Å². The van der Waals surface area contributed by atoms with Crippen LogP contribution in [0.2, 0.25) is 0 Å². The molecule has 0 N–H and O–H groups in total. The van der Waals surface area contributed by atoms with Gasteiger partial charge in [-0.15, -0.1) is 0 Å². The predicted octanol–water partition coefficient (Wildman–Crippen LogP) is 1.91. The van der Waals surface area contributed by atoms with Crippen molar-refractivity contribution in [1.29, 1.82) is 0 Å². The van der Waals surface area contributed by atoms with Crippen LogP contribution in [0.3, 0.4) is 0 Å². The van der Waals surface area contributed by atoms with E-state index in [1.54, 1.807) is 7.11 Å². The molecule has 2 aliphatic rings. The minimum atomic E-state index is -0.102. The molecule has 0 saturated carbocycles. The summed E-state index contributed by atoms with van der Waals surface area (Å²) >= 11 is 0. The molecule has 2 aliphatic heterocycles. The average Bonchev–Trinajstić information content (AvgIpc) is 2.93. The fourth-order valence-corrected chi connectivity index (χ4v) is 3.39. The second-order valence-electron chi connectivity index (χ2n) is 6.23. The number of likely N-dealkylation sites (tertiary alicyclic amines) is 1. The molecule has 1 aromatic carbocycles. The fraction of sp³-hybridized carbons (Fsp3) is 0.588. The highest BCUT2D eigenvalue weighted by molar-refractivity contribution is 5.99. The molecule has 5 heteroatoms. The smallest absolute Gasteiger partial charge is 0.244 e. The van der Waals surface area contributed by atoms with Crippen molar-refractivity contribution in [2.75, 3.05) is 31.7 Å². The maximum absolute atomic E-state index is 13.1. The van der Waals surface area contributed by atoms with Gasteiger partial charge >= 0.3 is 0 Å². The predicted molar refractivity (Wildman–Crippen MR) is 85.3 cm³/mol. The van der Waals surface area contributed by atoms with Crippen molar-refractivity contribution < 1.29 is 14.3 Å². The van der Waals surface area contributed by atoms with Crippen LogP contribution in [-0.4, -0.2) is 55.8 Å². The summed E-state index contributed by atoms with van der Waals surface area (Å²) < 4.78 is 11.4. The second-order valence-corrected chi connectivity index (χ2v) is 6.23. The molecule has 0 radical (unpaired) electrons. The van der Waals surface area contributed by atoms with Gasteiger partial charge < -0.3 is 14.4 Å². The van der Waals surface area contributed by atoms with Gasteiger partial charge in [-0.05, 0) is 26.0 Å². The molecule has 2 heterocycles. The summed E-state index contributed by atoms with van der Waals surface area (Å²) in [5.74, 6) is 0.949. The highest BCUT2D eigenvalue weighted by Gasteiger charge is 2.43. The lowest BCUT2D eigenvalue weighted by molar-refractivity contribution is -0.123. The first kappa shape index (κ1) is 15.3. The van der Waals surface area contributed by atoms with Crippen molar-refractivity contribution in [3.05, 3.63) is 24.3 Å². The third-order valence-electron chi connectivity index (χ3n) is 4.48. The van der Waals surface area contributed by atoms with Crippen LogP contribution in [0.1, 0.15) is 20.3 Å². The van der Waals surface area contributed by atoms with Gasteiger partial charge in [0.15, 0.2) is 0 Å². The van der Waals surface area contributed by atoms with Crippen LogP contribution in [0.5, 0.6) is 5.75 Å². The van der Waals surface area contributed by atoms with Crippen LogP contribution in [0.15, 0.2) is 24.3 Å². The summed E-state index contributed by atoms with van der Waals surface area (Å²) in [6, 6.07) is 8.02. The molecule has 1 amide bonds. The van der Waals surface area contributed by atoms with E-state index < -0.39 is 0 Å². The number of anilines is 1. The Morgan fingerprint density at radius 3 is 2.86 bits per heavy atom. The molecule has 0 unspecified atom stereocenters. The number of carbonyl (C=O) groups is 1. The summed E-state index contributed by atoms with van der Waals surface area (Å²) in [6.45, 7) is 6.13. The van der Waals surface area contributed by atoms with E-state index >= 15 is 0 Å². The van der Waals surface area contributed by atoms with E-state index in [9.17, 15) is 4.79 Å². The first-order chi connectivity index (χ1) is 10.6. The Bertz CT molecular complexity index is 546. The number of ether oxygens (including phenoxy) is 2. The molecule has 0 aliphatic carbocycles. The number of hydrogen-bond donors (Lipinski definition) is 0. The first-order valence-electron chi connectivity index (χ1n) is 7.93. The van der Waals surface area contributed by atoms with Crippen molar-refractivity contribution in [2.45, 2.75) is 38.5 Å². The Kier molecular flexibility index (Phi) is 4.36. The SMILES string of the molecule is COCCN1C(=O)[C@@H]2C[C@@H](CN2C(C)C)Oc2ccccc21. The number of fused-ring (bicyclic) bond motifs is 3. The summed E-state index contributed by atoms with van der Waals surface area (Å²) in [5, 5.41) is 0. The Morgan fingerprint density at radius 1 is 1.36 bits per heavy atom. The summed E-state index contributed by atoms with van der Waals surface area (Å²) in [4.78, 5) is 17.2. The van der Waals surface area contributed by atoms with E-state index in [1.807, 2.05) is 29.2 Å². The molecule has 1 aromatic rings. The largest absolute Gasteiger partial charge is 0.487 e. The number of rotatable bonds is 4. The van der Waals surface area contributed by atoms with Crippen molar-refractivity contribution >= 4 is 11.6 Å². The molecule has 0 spiro atoms. The molecule has 2 bridgehead atoms. The monoisotopic (exact) mass is 304 g/mol. The van der Waals surface area contributed by atoms with E-state index in [2.05, 4.69) is 18.7 Å². The lowest BCUT2D eigenvalue weighted by atomic mass is 10.1. The third-order valence-corrected chi connectivity index (χ3v) is 4.48. The quantitative estimate of drug-likeness (QED) is 0.852. The third kappa shape index (κ3) is 2.71. The maximum Gasteiger partial charge on any atom is 0.244 e. The number of benzene rings is 1. The minimum Gasteiger partial charge on any atom is -0.487 e. The number of para-hydroxylation sites is 2. The Balaban J connectivity index is 1.98. The van der Waals surface area contributed by atoms with Gasteiger partial charge in [0.2, 0.25) is 5.91 Å². The van der Waals surface area contributed by atoms with E-state index in [-0.39, 0.29) is 18.1 Å². The molecular formula is C17H24N2O3. The summed E-state index contributed by atoms with van der Waals surface area (Å²) in [6.07, 6.45) is 0.844. The van der Waals surface area contributed by atoms with E-state index in [0.717, 1.165) is 24.4 Å². The number of methoxy groups -OCH3 is 1. The standard InChI is InChI=1S/C17H24N2O3/c1-12(2)19-11-13-10-15(19)17(20)18(8-9-21-3)14-6-4-5-7-16(14)22-13/h4-7,12-13,15H,8-11H2,1-3H3/t13-,15-/m0/s1. The van der Waals surface area contributed by atoms with Gasteiger partial charge in [0.1, 0.15) is 11.9 Å². The van der Waals surface area contributed by atoms with Crippen LogP contribution < -0.4 is 9.64 Å². The number of nitrogens with zero attached hydrogens (tertiary/aromatic N) is 2. The highest BCUT2D eigenvalue weighted by atomic mass is 16.5. The number of hydrogen-bond acceptors (Lipinski definition) is 4. The van der Waals surface area contributed by atoms with Crippen LogP contribution >= 0.6 is 0 Å². The lowest BCUT2D eigenvalue weighted by Gasteiger charge is -2.32. The van der Waals surface area contributed by atoms with E-state index in [1.165, 1.54) is 0 Å². The molecule has 0 aromatic heterocycles. The fourth-order valence-electron chi connectivity index (χ4n) is 3.39. The summed E-state index contributed by atoms with van der Waals surface area (Å²) in [7, 11) is 1.66. The molecule has 3 rings (SSSR count). The number of carbonyl (C=O) groups excluding carboxylic acids is 1. The highest BCUT2D eigenvalue weighted by Crippen LogP contribution is 2.36. The van der Waals surface area contributed by atoms with Gasteiger partial charge in [0, 0.05) is 32.7 Å². The van der Waals surface area contributed by atoms with Crippen molar-refractivity contribution in [3.8, 4) is 5.75 Å². The van der Waals surface area contributed by atoms with Crippen molar-refractivity contribution in [3.63, 3.8) is 0 Å². The lowest BCUT2D eigenvalue weighted by Crippen LogP contribution is -2.49. The van der Waals surface area contributed by atoms with Crippen molar-refractivity contribution in [2.24, 2.45) is 0 Å². The Hall–Kier alpha value is -1.59. The Morgan fingerprint density at radius 2 is 2.14 bits per heavy atom. The molecule has 5 nitrogen and oxygen atoms in total. The van der Waals surface area contributed by atoms with Gasteiger partial charge in [-0.1, -0.05) is 12.1 Å². The number of amides is 1. The summed E-state index contributed by atoms with van der Waals surface area (Å²) in [5.41, 5.74) is 0.852. The second kappa shape index (κ2) is 6.26. The van der Waals surface area contributed by atoms with Crippen LogP contribution in [0, 0.1) is 0 Å². The Labute approximate surface area is 131 Å². The van der Waals surface area contributed by atoms with Gasteiger partial charge in [-0.25, -0.2) is 0 Å². The van der Waals surface area contributed by atoms with Crippen LogP contribution in [0.4, 0.5) is 5.69 Å².